The molecule has 1 heterocycles. The molecule has 166 valence electrons. The van der Waals surface area contributed by atoms with Gasteiger partial charge in [-0.3, -0.25) is 19.3 Å². The number of fused-ring (bicyclic) bond motifs is 1. The van der Waals surface area contributed by atoms with Gasteiger partial charge in [-0.15, -0.1) is 0 Å². The van der Waals surface area contributed by atoms with Gasteiger partial charge >= 0.3 is 5.97 Å². The molecule has 1 N–H and O–H groups in total. The number of likely N-dealkylation sites (tertiary alicyclic amines) is 1. The lowest BCUT2D eigenvalue weighted by molar-refractivity contribution is -0.160. The van der Waals surface area contributed by atoms with E-state index in [9.17, 15) is 19.2 Å². The summed E-state index contributed by atoms with van der Waals surface area (Å²) in [5.74, 6) is -2.94. The number of rotatable bonds is 7. The van der Waals surface area contributed by atoms with Gasteiger partial charge in [0, 0.05) is 0 Å². The Morgan fingerprint density at radius 2 is 1.74 bits per heavy atom. The number of nitrogens with one attached hydrogen (secondary N) is 1. The summed E-state index contributed by atoms with van der Waals surface area (Å²) in [6.07, 6.45) is 4.99. The van der Waals surface area contributed by atoms with Crippen LogP contribution in [0.1, 0.15) is 33.1 Å². The molecule has 3 atom stereocenters. The number of carbonyl (C=O) groups is 4. The highest BCUT2D eigenvalue weighted by molar-refractivity contribution is 6.44. The SMILES string of the molecule is CC(C)CC(C(=O)OCC(=O)Nc1cccc(Cl)c1Cl)N1C(=O)C2CC=CCC2C1=O. The first kappa shape index (κ1) is 23.3. The lowest BCUT2D eigenvalue weighted by Gasteiger charge is -2.26. The molecule has 0 aromatic heterocycles. The van der Waals surface area contributed by atoms with Crippen LogP contribution in [0.3, 0.4) is 0 Å². The Bertz CT molecular complexity index is 904. The van der Waals surface area contributed by atoms with Crippen LogP contribution in [0.5, 0.6) is 0 Å². The molecule has 1 saturated heterocycles. The highest BCUT2D eigenvalue weighted by Gasteiger charge is 2.51. The predicted octanol–water partition coefficient (Wildman–Crippen LogP) is 3.84. The molecule has 1 aromatic carbocycles. The molecular weight excluding hydrogens is 443 g/mol. The number of anilines is 1. The van der Waals surface area contributed by atoms with Crippen LogP contribution in [0.4, 0.5) is 5.69 Å². The fourth-order valence-electron chi connectivity index (χ4n) is 3.91. The smallest absolute Gasteiger partial charge is 0.329 e. The Morgan fingerprint density at radius 3 is 2.32 bits per heavy atom. The summed E-state index contributed by atoms with van der Waals surface area (Å²) in [5.41, 5.74) is 0.287. The molecule has 0 radical (unpaired) electrons. The third-order valence-electron chi connectivity index (χ3n) is 5.39. The van der Waals surface area contributed by atoms with Crippen molar-refractivity contribution in [2.45, 2.75) is 39.2 Å². The van der Waals surface area contributed by atoms with Crippen LogP contribution < -0.4 is 5.32 Å². The Balaban J connectivity index is 1.68. The molecule has 31 heavy (non-hydrogen) atoms. The maximum Gasteiger partial charge on any atom is 0.329 e. The lowest BCUT2D eigenvalue weighted by Crippen LogP contribution is -2.47. The predicted molar refractivity (Wildman–Crippen MR) is 117 cm³/mol. The molecule has 1 fully saturated rings. The van der Waals surface area contributed by atoms with Gasteiger partial charge < -0.3 is 10.1 Å². The maximum absolute atomic E-state index is 12.9. The first-order valence-corrected chi connectivity index (χ1v) is 10.9. The number of ether oxygens (including phenoxy) is 1. The van der Waals surface area contributed by atoms with Crippen LogP contribution >= 0.6 is 23.2 Å². The number of imide groups is 1. The van der Waals surface area contributed by atoms with Crippen LogP contribution in [0.2, 0.25) is 10.0 Å². The zero-order chi connectivity index (χ0) is 22.7. The van der Waals surface area contributed by atoms with E-state index >= 15 is 0 Å². The van der Waals surface area contributed by atoms with Gasteiger partial charge in [-0.1, -0.05) is 55.3 Å². The number of hydrogen-bond donors (Lipinski definition) is 1. The molecule has 1 aromatic rings. The molecule has 0 bridgehead atoms. The number of halogens is 2. The molecule has 3 unspecified atom stereocenters. The number of allylic oxidation sites excluding steroid dienone is 2. The van der Waals surface area contributed by atoms with Crippen LogP contribution in [0.25, 0.3) is 0 Å². The molecule has 7 nitrogen and oxygen atoms in total. The second-order valence-electron chi connectivity index (χ2n) is 8.10. The zero-order valence-electron chi connectivity index (χ0n) is 17.3. The van der Waals surface area contributed by atoms with Gasteiger partial charge in [0.1, 0.15) is 6.04 Å². The highest BCUT2D eigenvalue weighted by atomic mass is 35.5. The van der Waals surface area contributed by atoms with Crippen molar-refractivity contribution in [1.29, 1.82) is 0 Å². The van der Waals surface area contributed by atoms with Gasteiger partial charge in [-0.2, -0.15) is 0 Å². The molecule has 1 aliphatic heterocycles. The second kappa shape index (κ2) is 9.83. The van der Waals surface area contributed by atoms with Crippen molar-refractivity contribution >= 4 is 52.6 Å². The third-order valence-corrected chi connectivity index (χ3v) is 6.21. The van der Waals surface area contributed by atoms with Gasteiger partial charge in [0.05, 0.1) is 27.6 Å². The van der Waals surface area contributed by atoms with E-state index in [1.807, 2.05) is 26.0 Å². The lowest BCUT2D eigenvalue weighted by atomic mass is 9.85. The van der Waals surface area contributed by atoms with E-state index in [4.69, 9.17) is 27.9 Å². The van der Waals surface area contributed by atoms with Gasteiger partial charge in [-0.05, 0) is 37.3 Å². The minimum absolute atomic E-state index is 0.0259. The average Bonchev–Trinajstić information content (AvgIpc) is 2.98. The van der Waals surface area contributed by atoms with E-state index in [1.54, 1.807) is 18.2 Å². The fraction of sp³-hybridized carbons (Fsp3) is 0.455. The number of amides is 3. The molecule has 0 spiro atoms. The largest absolute Gasteiger partial charge is 0.454 e. The van der Waals surface area contributed by atoms with Crippen LogP contribution in [0.15, 0.2) is 30.4 Å². The summed E-state index contributed by atoms with van der Waals surface area (Å²) < 4.78 is 5.18. The van der Waals surface area contributed by atoms with E-state index in [-0.39, 0.29) is 39.9 Å². The average molecular weight is 467 g/mol. The van der Waals surface area contributed by atoms with E-state index in [2.05, 4.69) is 5.32 Å². The quantitative estimate of drug-likeness (QED) is 0.374. The molecule has 2 aliphatic rings. The summed E-state index contributed by atoms with van der Waals surface area (Å²) in [5, 5.41) is 2.97. The van der Waals surface area contributed by atoms with Crippen molar-refractivity contribution in [3.63, 3.8) is 0 Å². The third kappa shape index (κ3) is 5.10. The number of hydrogen-bond acceptors (Lipinski definition) is 5. The van der Waals surface area contributed by atoms with Crippen molar-refractivity contribution in [1.82, 2.24) is 4.90 Å². The van der Waals surface area contributed by atoms with Crippen LogP contribution in [0, 0.1) is 17.8 Å². The first-order chi connectivity index (χ1) is 14.7. The maximum atomic E-state index is 12.9. The number of esters is 1. The van der Waals surface area contributed by atoms with Crippen molar-refractivity contribution in [3.8, 4) is 0 Å². The summed E-state index contributed by atoms with van der Waals surface area (Å²) in [4.78, 5) is 51.9. The van der Waals surface area contributed by atoms with Crippen molar-refractivity contribution in [2.75, 3.05) is 11.9 Å². The van der Waals surface area contributed by atoms with E-state index in [1.165, 1.54) is 0 Å². The summed E-state index contributed by atoms with van der Waals surface area (Å²) >= 11 is 12.0. The van der Waals surface area contributed by atoms with E-state index < -0.39 is 36.4 Å². The minimum Gasteiger partial charge on any atom is -0.454 e. The highest BCUT2D eigenvalue weighted by Crippen LogP contribution is 2.37. The molecule has 3 amide bonds. The van der Waals surface area contributed by atoms with Gasteiger partial charge in [-0.25, -0.2) is 4.79 Å². The summed E-state index contributed by atoms with van der Waals surface area (Å²) in [6.45, 7) is 3.18. The van der Waals surface area contributed by atoms with Crippen LogP contribution in [-0.2, 0) is 23.9 Å². The first-order valence-electron chi connectivity index (χ1n) is 10.1. The second-order valence-corrected chi connectivity index (χ2v) is 8.89. The summed E-state index contributed by atoms with van der Waals surface area (Å²) in [7, 11) is 0. The summed E-state index contributed by atoms with van der Waals surface area (Å²) in [6, 6.07) is 3.70. The molecule has 1 aliphatic carbocycles. The minimum atomic E-state index is -1.06. The topological polar surface area (TPSA) is 92.8 Å². The van der Waals surface area contributed by atoms with Crippen LogP contribution in [-0.4, -0.2) is 41.2 Å². The van der Waals surface area contributed by atoms with Crippen molar-refractivity contribution in [2.24, 2.45) is 17.8 Å². The molecule has 3 rings (SSSR count). The van der Waals surface area contributed by atoms with Crippen molar-refractivity contribution in [3.05, 3.63) is 40.4 Å². The molecule has 0 saturated carbocycles. The Kier molecular flexibility index (Phi) is 7.38. The normalized spacial score (nSPS) is 21.3. The molecular formula is C22H24Cl2N2O5. The number of carbonyl (C=O) groups excluding carboxylic acids is 4. The van der Waals surface area contributed by atoms with E-state index in [0.717, 1.165) is 4.90 Å². The monoisotopic (exact) mass is 466 g/mol. The van der Waals surface area contributed by atoms with Gasteiger partial charge in [0.25, 0.3) is 5.91 Å². The van der Waals surface area contributed by atoms with E-state index in [0.29, 0.717) is 12.8 Å². The molecule has 9 heteroatoms. The van der Waals surface area contributed by atoms with Gasteiger partial charge in [0.2, 0.25) is 11.8 Å². The Labute approximate surface area is 190 Å². The van der Waals surface area contributed by atoms with Gasteiger partial charge in [0.15, 0.2) is 6.61 Å². The number of benzene rings is 1. The Hall–Kier alpha value is -2.38. The standard InChI is InChI=1S/C22H24Cl2N2O5/c1-12(2)10-17(26-20(28)13-6-3-4-7-14(13)21(26)29)22(30)31-11-18(27)25-16-9-5-8-15(23)19(16)24/h3-5,8-9,12-14,17H,6-7,10-11H2,1-2H3,(H,25,27). The number of nitrogens with zero attached hydrogens (tertiary/aromatic N) is 1. The fourth-order valence-corrected chi connectivity index (χ4v) is 4.25. The Morgan fingerprint density at radius 1 is 1.13 bits per heavy atom. The van der Waals surface area contributed by atoms with Crippen molar-refractivity contribution < 1.29 is 23.9 Å². The zero-order valence-corrected chi connectivity index (χ0v) is 18.8.